The summed E-state index contributed by atoms with van der Waals surface area (Å²) in [5, 5.41) is 4.24. The maximum absolute atomic E-state index is 12.7. The zero-order chi connectivity index (χ0) is 21.3. The Morgan fingerprint density at radius 1 is 1.10 bits per heavy atom. The maximum atomic E-state index is 12.7. The summed E-state index contributed by atoms with van der Waals surface area (Å²) in [6.45, 7) is 2.45. The number of imidazole rings is 1. The van der Waals surface area contributed by atoms with E-state index in [1.807, 2.05) is 55.5 Å². The topological polar surface area (TPSA) is 46.9 Å². The van der Waals surface area contributed by atoms with Gasteiger partial charge < -0.3 is 9.88 Å². The SMILES string of the molecule is CC(NC(=O)c1ccc(Br)cc1)c1nc2ccccc2n1Cc1ccc(Cl)cc1Cl. The van der Waals surface area contributed by atoms with E-state index < -0.39 is 0 Å². The summed E-state index contributed by atoms with van der Waals surface area (Å²) >= 11 is 15.9. The second-order valence-corrected chi connectivity index (χ2v) is 8.74. The van der Waals surface area contributed by atoms with E-state index in [0.29, 0.717) is 22.2 Å². The average molecular weight is 503 g/mol. The summed E-state index contributed by atoms with van der Waals surface area (Å²) in [4.78, 5) is 17.5. The Hall–Kier alpha value is -2.34. The van der Waals surface area contributed by atoms with Crippen molar-refractivity contribution in [1.29, 1.82) is 0 Å². The minimum atomic E-state index is -0.306. The van der Waals surface area contributed by atoms with Gasteiger partial charge in [-0.3, -0.25) is 4.79 Å². The number of hydrogen-bond acceptors (Lipinski definition) is 2. The van der Waals surface area contributed by atoms with E-state index in [1.54, 1.807) is 18.2 Å². The molecule has 1 N–H and O–H groups in total. The summed E-state index contributed by atoms with van der Waals surface area (Å²) in [6.07, 6.45) is 0. The van der Waals surface area contributed by atoms with Crippen LogP contribution in [0.4, 0.5) is 0 Å². The van der Waals surface area contributed by atoms with Crippen molar-refractivity contribution in [3.8, 4) is 0 Å². The molecular weight excluding hydrogens is 485 g/mol. The number of hydrogen-bond donors (Lipinski definition) is 1. The van der Waals surface area contributed by atoms with Crippen LogP contribution >= 0.6 is 39.1 Å². The fraction of sp³-hybridized carbons (Fsp3) is 0.130. The van der Waals surface area contributed by atoms with Crippen LogP contribution in [-0.4, -0.2) is 15.5 Å². The molecule has 0 aliphatic rings. The molecule has 0 aliphatic carbocycles. The number of fused-ring (bicyclic) bond motifs is 1. The van der Waals surface area contributed by atoms with Crippen LogP contribution in [0.2, 0.25) is 10.0 Å². The van der Waals surface area contributed by atoms with Crippen molar-refractivity contribution in [2.75, 3.05) is 0 Å². The molecule has 4 aromatic rings. The van der Waals surface area contributed by atoms with Gasteiger partial charge in [-0.2, -0.15) is 0 Å². The summed E-state index contributed by atoms with van der Waals surface area (Å²) in [5.41, 5.74) is 3.36. The molecular formula is C23H18BrCl2N3O. The monoisotopic (exact) mass is 501 g/mol. The molecule has 0 saturated heterocycles. The lowest BCUT2D eigenvalue weighted by Gasteiger charge is -2.17. The lowest BCUT2D eigenvalue weighted by molar-refractivity contribution is 0.0937. The molecule has 0 spiro atoms. The molecule has 7 heteroatoms. The van der Waals surface area contributed by atoms with Gasteiger partial charge in [-0.1, -0.05) is 57.3 Å². The first-order valence-corrected chi connectivity index (χ1v) is 10.9. The molecule has 1 amide bonds. The summed E-state index contributed by atoms with van der Waals surface area (Å²) < 4.78 is 3.01. The van der Waals surface area contributed by atoms with Gasteiger partial charge in [-0.05, 0) is 61.0 Å². The predicted octanol–water partition coefficient (Wildman–Crippen LogP) is 6.64. The van der Waals surface area contributed by atoms with Crippen LogP contribution in [0.15, 0.2) is 71.2 Å². The second kappa shape index (κ2) is 8.80. The van der Waals surface area contributed by atoms with E-state index in [1.165, 1.54) is 0 Å². The molecule has 1 aromatic heterocycles. The second-order valence-electron chi connectivity index (χ2n) is 6.98. The molecule has 4 rings (SSSR count). The van der Waals surface area contributed by atoms with E-state index in [9.17, 15) is 4.79 Å². The molecule has 1 unspecified atom stereocenters. The van der Waals surface area contributed by atoms with Gasteiger partial charge in [0, 0.05) is 20.1 Å². The Balaban J connectivity index is 1.68. The average Bonchev–Trinajstić information content (AvgIpc) is 3.09. The van der Waals surface area contributed by atoms with Gasteiger partial charge in [-0.15, -0.1) is 0 Å². The Kier molecular flexibility index (Phi) is 6.14. The Bertz CT molecular complexity index is 1220. The zero-order valence-electron chi connectivity index (χ0n) is 16.1. The van der Waals surface area contributed by atoms with Crippen molar-refractivity contribution in [1.82, 2.24) is 14.9 Å². The van der Waals surface area contributed by atoms with Crippen molar-refractivity contribution in [3.05, 3.63) is 98.2 Å². The predicted molar refractivity (Wildman–Crippen MR) is 125 cm³/mol. The normalized spacial score (nSPS) is 12.1. The first kappa shape index (κ1) is 20.9. The molecule has 1 atom stereocenters. The number of para-hydroxylation sites is 2. The Labute approximate surface area is 193 Å². The van der Waals surface area contributed by atoms with Crippen molar-refractivity contribution < 1.29 is 4.79 Å². The third kappa shape index (κ3) is 4.38. The van der Waals surface area contributed by atoms with E-state index >= 15 is 0 Å². The van der Waals surface area contributed by atoms with Crippen molar-refractivity contribution in [2.45, 2.75) is 19.5 Å². The molecule has 0 aliphatic heterocycles. The van der Waals surface area contributed by atoms with Gasteiger partial charge in [-0.25, -0.2) is 4.98 Å². The van der Waals surface area contributed by atoms with E-state index in [-0.39, 0.29) is 11.9 Å². The largest absolute Gasteiger partial charge is 0.342 e. The fourth-order valence-electron chi connectivity index (χ4n) is 3.36. The Morgan fingerprint density at radius 3 is 2.57 bits per heavy atom. The maximum Gasteiger partial charge on any atom is 0.251 e. The summed E-state index contributed by atoms with van der Waals surface area (Å²) in [7, 11) is 0. The molecule has 30 heavy (non-hydrogen) atoms. The quantitative estimate of drug-likeness (QED) is 0.332. The first-order valence-electron chi connectivity index (χ1n) is 9.38. The number of halogens is 3. The van der Waals surface area contributed by atoms with Gasteiger partial charge in [0.05, 0.1) is 23.6 Å². The molecule has 1 heterocycles. The number of nitrogens with zero attached hydrogens (tertiary/aromatic N) is 2. The van der Waals surface area contributed by atoms with Gasteiger partial charge in [0.1, 0.15) is 5.82 Å². The third-order valence-corrected chi connectivity index (χ3v) is 5.98. The van der Waals surface area contributed by atoms with Gasteiger partial charge in [0.15, 0.2) is 0 Å². The summed E-state index contributed by atoms with van der Waals surface area (Å²) in [5.74, 6) is 0.603. The number of carbonyl (C=O) groups is 1. The number of aromatic nitrogens is 2. The van der Waals surface area contributed by atoms with Crippen molar-refractivity contribution >= 4 is 56.1 Å². The third-order valence-electron chi connectivity index (χ3n) is 4.87. The summed E-state index contributed by atoms with van der Waals surface area (Å²) in [6, 6.07) is 20.3. The van der Waals surface area contributed by atoms with Crippen LogP contribution < -0.4 is 5.32 Å². The van der Waals surface area contributed by atoms with Gasteiger partial charge >= 0.3 is 0 Å². The molecule has 0 saturated carbocycles. The number of amides is 1. The first-order chi connectivity index (χ1) is 14.4. The van der Waals surface area contributed by atoms with E-state index in [2.05, 4.69) is 25.8 Å². The molecule has 0 fully saturated rings. The highest BCUT2D eigenvalue weighted by Crippen LogP contribution is 2.26. The smallest absolute Gasteiger partial charge is 0.251 e. The number of carbonyl (C=O) groups excluding carboxylic acids is 1. The van der Waals surface area contributed by atoms with Crippen LogP contribution in [0.25, 0.3) is 11.0 Å². The highest BCUT2D eigenvalue weighted by atomic mass is 79.9. The minimum absolute atomic E-state index is 0.155. The van der Waals surface area contributed by atoms with Crippen LogP contribution in [0.5, 0.6) is 0 Å². The number of benzene rings is 3. The molecule has 0 bridgehead atoms. The molecule has 4 nitrogen and oxygen atoms in total. The van der Waals surface area contributed by atoms with Crippen LogP contribution in [0.3, 0.4) is 0 Å². The van der Waals surface area contributed by atoms with Crippen LogP contribution in [-0.2, 0) is 6.54 Å². The standard InChI is InChI=1S/C23H18BrCl2N3O/c1-14(27-23(30)15-6-9-17(24)10-7-15)22-28-20-4-2-3-5-21(20)29(22)13-16-8-11-18(25)12-19(16)26/h2-12,14H,13H2,1H3,(H,27,30). The number of rotatable bonds is 5. The lowest BCUT2D eigenvalue weighted by atomic mass is 10.2. The van der Waals surface area contributed by atoms with Crippen LogP contribution in [0, 0.1) is 0 Å². The van der Waals surface area contributed by atoms with Gasteiger partial charge in [0.25, 0.3) is 5.91 Å². The number of nitrogens with one attached hydrogen (secondary N) is 1. The highest BCUT2D eigenvalue weighted by Gasteiger charge is 2.20. The van der Waals surface area contributed by atoms with Gasteiger partial charge in [0.2, 0.25) is 0 Å². The van der Waals surface area contributed by atoms with Crippen molar-refractivity contribution in [3.63, 3.8) is 0 Å². The fourth-order valence-corrected chi connectivity index (χ4v) is 4.09. The van der Waals surface area contributed by atoms with E-state index in [0.717, 1.165) is 26.9 Å². The highest BCUT2D eigenvalue weighted by molar-refractivity contribution is 9.10. The molecule has 3 aromatic carbocycles. The molecule has 152 valence electrons. The minimum Gasteiger partial charge on any atom is -0.342 e. The van der Waals surface area contributed by atoms with E-state index in [4.69, 9.17) is 28.2 Å². The Morgan fingerprint density at radius 2 is 1.83 bits per heavy atom. The zero-order valence-corrected chi connectivity index (χ0v) is 19.2. The van der Waals surface area contributed by atoms with Crippen LogP contribution in [0.1, 0.15) is 34.7 Å². The van der Waals surface area contributed by atoms with Crippen molar-refractivity contribution in [2.24, 2.45) is 0 Å². The lowest BCUT2D eigenvalue weighted by Crippen LogP contribution is -2.28. The molecule has 0 radical (unpaired) electrons.